The zero-order valence-corrected chi connectivity index (χ0v) is 24.1. The molecule has 3 aromatic rings. The molecule has 0 N–H and O–H groups in total. The predicted octanol–water partition coefficient (Wildman–Crippen LogP) is 6.83. The Kier molecular flexibility index (Phi) is 12.9. The van der Waals surface area contributed by atoms with Crippen LogP contribution >= 0.6 is 15.9 Å². The van der Waals surface area contributed by atoms with E-state index in [4.69, 9.17) is 9.97 Å². The summed E-state index contributed by atoms with van der Waals surface area (Å²) in [4.78, 5) is 21.8. The van der Waals surface area contributed by atoms with E-state index in [9.17, 15) is 0 Å². The maximum absolute atomic E-state index is 4.69. The normalized spacial score (nSPS) is 11.0. The number of halogens is 1. The van der Waals surface area contributed by atoms with Crippen molar-refractivity contribution >= 4 is 38.1 Å². The third-order valence-corrected chi connectivity index (χ3v) is 20.7. The molecule has 0 atom stereocenters. The second kappa shape index (κ2) is 15.4. The molecule has 0 aliphatic rings. The summed E-state index contributed by atoms with van der Waals surface area (Å²) in [5.41, 5.74) is 0.773. The van der Waals surface area contributed by atoms with E-state index in [2.05, 4.69) is 51.7 Å². The first-order valence-corrected chi connectivity index (χ1v) is 20.1. The van der Waals surface area contributed by atoms with Crippen molar-refractivity contribution in [2.24, 2.45) is 0 Å². The molecule has 0 fully saturated rings. The van der Waals surface area contributed by atoms with Crippen molar-refractivity contribution in [2.75, 3.05) is 0 Å². The van der Waals surface area contributed by atoms with Gasteiger partial charge >= 0.3 is 123 Å². The molecule has 7 heteroatoms. The van der Waals surface area contributed by atoms with Crippen molar-refractivity contribution < 1.29 is 0 Å². The Morgan fingerprint density at radius 3 is 1.66 bits per heavy atom. The van der Waals surface area contributed by atoms with Crippen molar-refractivity contribution in [3.05, 3.63) is 59.7 Å². The molecule has 3 heterocycles. The molecule has 0 spiro atoms. The van der Waals surface area contributed by atoms with Crippen LogP contribution in [0, 0.1) is 0 Å². The monoisotopic (exact) mass is 605 g/mol. The van der Waals surface area contributed by atoms with E-state index in [0.29, 0.717) is 5.82 Å². The topological polar surface area (TPSA) is 64.5 Å². The number of aromatic nitrogens is 5. The third kappa shape index (κ3) is 8.85. The van der Waals surface area contributed by atoms with E-state index in [1.807, 2.05) is 36.7 Å². The third-order valence-electron chi connectivity index (χ3n) is 5.58. The molecule has 0 bridgehead atoms. The van der Waals surface area contributed by atoms with Crippen molar-refractivity contribution in [1.29, 1.82) is 0 Å². The van der Waals surface area contributed by atoms with Crippen LogP contribution in [0.5, 0.6) is 0 Å². The van der Waals surface area contributed by atoms with Gasteiger partial charge in [0.05, 0.1) is 0 Å². The van der Waals surface area contributed by atoms with Gasteiger partial charge in [-0.1, -0.05) is 6.07 Å². The molecule has 0 aliphatic carbocycles. The van der Waals surface area contributed by atoms with Crippen LogP contribution in [0.1, 0.15) is 59.3 Å². The first-order chi connectivity index (χ1) is 15.6. The van der Waals surface area contributed by atoms with Crippen molar-refractivity contribution in [1.82, 2.24) is 24.9 Å². The molecular weight excluding hydrogens is 569 g/mol. The van der Waals surface area contributed by atoms with E-state index in [0.717, 1.165) is 10.3 Å². The summed E-state index contributed by atoms with van der Waals surface area (Å²) in [6.07, 6.45) is 15.4. The van der Waals surface area contributed by atoms with Gasteiger partial charge in [-0.15, -0.1) is 0 Å². The molecular formula is C25H36BrN5Sn. The summed E-state index contributed by atoms with van der Waals surface area (Å²) in [6, 6.07) is 9.39. The van der Waals surface area contributed by atoms with Crippen molar-refractivity contribution in [3.8, 4) is 11.5 Å². The molecule has 0 saturated carbocycles. The molecule has 0 amide bonds. The Morgan fingerprint density at radius 2 is 1.19 bits per heavy atom. The van der Waals surface area contributed by atoms with Gasteiger partial charge in [0.1, 0.15) is 10.3 Å². The summed E-state index contributed by atoms with van der Waals surface area (Å²) in [6.45, 7) is 6.92. The van der Waals surface area contributed by atoms with E-state index < -0.39 is 18.4 Å². The number of unbranched alkanes of at least 4 members (excludes halogenated alkanes) is 3. The fraction of sp³-hybridized carbons (Fsp3) is 0.480. The molecule has 0 saturated heterocycles. The maximum atomic E-state index is 4.69. The van der Waals surface area contributed by atoms with Crippen LogP contribution in [-0.4, -0.2) is 43.3 Å². The first-order valence-electron chi connectivity index (χ1n) is 11.8. The summed E-state index contributed by atoms with van der Waals surface area (Å²) >= 11 is 0.975. The summed E-state index contributed by atoms with van der Waals surface area (Å²) in [5.74, 6) is 0.642. The van der Waals surface area contributed by atoms with E-state index >= 15 is 0 Å². The second-order valence-corrected chi connectivity index (χ2v) is 21.8. The summed E-state index contributed by atoms with van der Waals surface area (Å²) < 4.78 is 6.45. The van der Waals surface area contributed by atoms with Gasteiger partial charge < -0.3 is 0 Å². The van der Waals surface area contributed by atoms with Crippen molar-refractivity contribution in [3.63, 3.8) is 0 Å². The van der Waals surface area contributed by atoms with E-state index in [1.165, 1.54) is 55.7 Å². The molecule has 3 aromatic heterocycles. The van der Waals surface area contributed by atoms with Crippen LogP contribution < -0.4 is 3.84 Å². The van der Waals surface area contributed by atoms with E-state index in [1.54, 1.807) is 18.5 Å². The molecule has 3 rings (SSSR count). The van der Waals surface area contributed by atoms with Gasteiger partial charge in [-0.25, -0.2) is 15.0 Å². The quantitative estimate of drug-likeness (QED) is 0.177. The Morgan fingerprint density at radius 1 is 0.688 bits per heavy atom. The molecule has 172 valence electrons. The molecule has 0 radical (unpaired) electrons. The SMILES string of the molecule is Brc1cccc(-c2ncccn2)n1.CCC[CH2][Sn]([CH2]CCC)([CH2]CCC)[c]1ncccn1. The second-order valence-electron chi connectivity index (χ2n) is 8.08. The zero-order chi connectivity index (χ0) is 23.1. The molecule has 0 aliphatic heterocycles. The Bertz CT molecular complexity index is 858. The number of hydrogen-bond acceptors (Lipinski definition) is 5. The first kappa shape index (κ1) is 26.8. The Labute approximate surface area is 206 Å². The van der Waals surface area contributed by atoms with Gasteiger partial charge in [0, 0.05) is 12.4 Å². The van der Waals surface area contributed by atoms with Gasteiger partial charge in [0.2, 0.25) is 0 Å². The van der Waals surface area contributed by atoms with E-state index in [-0.39, 0.29) is 0 Å². The predicted molar refractivity (Wildman–Crippen MR) is 140 cm³/mol. The minimum atomic E-state index is -2.32. The number of hydrogen-bond donors (Lipinski definition) is 0. The number of pyridine rings is 1. The minimum absolute atomic E-state index is 0.642. The van der Waals surface area contributed by atoms with Crippen molar-refractivity contribution in [2.45, 2.75) is 72.6 Å². The standard InChI is InChI=1S/C9H6BrN3.C4H3N2.3C4H9.Sn/c10-8-4-1-3-7(13-8)9-11-5-2-6-12-9;1-2-5-4-6-3-1;3*1-3-4-2;/h1-6H;1-3H;3*1,3-4H2,2H3;. The van der Waals surface area contributed by atoms with Crippen LogP contribution in [0.25, 0.3) is 11.5 Å². The molecule has 32 heavy (non-hydrogen) atoms. The average Bonchev–Trinajstić information content (AvgIpc) is 2.85. The van der Waals surface area contributed by atoms with Crippen LogP contribution in [0.2, 0.25) is 13.3 Å². The van der Waals surface area contributed by atoms with Gasteiger partial charge in [-0.05, 0) is 34.1 Å². The number of nitrogens with zero attached hydrogens (tertiary/aromatic N) is 5. The number of rotatable bonds is 11. The van der Waals surface area contributed by atoms with Gasteiger partial charge in [0.15, 0.2) is 5.82 Å². The average molecular weight is 605 g/mol. The van der Waals surface area contributed by atoms with Gasteiger partial charge in [0.25, 0.3) is 0 Å². The zero-order valence-electron chi connectivity index (χ0n) is 19.7. The molecule has 0 unspecified atom stereocenters. The Hall–Kier alpha value is -1.41. The Balaban J connectivity index is 0.000000242. The molecule has 5 nitrogen and oxygen atoms in total. The fourth-order valence-corrected chi connectivity index (χ4v) is 19.0. The van der Waals surface area contributed by atoms with Crippen LogP contribution in [0.15, 0.2) is 59.7 Å². The van der Waals surface area contributed by atoms with Crippen LogP contribution in [-0.2, 0) is 0 Å². The van der Waals surface area contributed by atoms with Crippen LogP contribution in [0.3, 0.4) is 0 Å². The fourth-order valence-electron chi connectivity index (χ4n) is 3.79. The van der Waals surface area contributed by atoms with Gasteiger partial charge in [-0.3, -0.25) is 0 Å². The van der Waals surface area contributed by atoms with Gasteiger partial charge in [-0.2, -0.15) is 0 Å². The van der Waals surface area contributed by atoms with Crippen LogP contribution in [0.4, 0.5) is 0 Å². The molecule has 0 aromatic carbocycles. The summed E-state index contributed by atoms with van der Waals surface area (Å²) in [5, 5.41) is 0. The summed E-state index contributed by atoms with van der Waals surface area (Å²) in [7, 11) is 0.